The molecule has 2 atom stereocenters. The number of rotatable bonds is 4. The summed E-state index contributed by atoms with van der Waals surface area (Å²) in [7, 11) is 1.90. The molecule has 122 valence electrons. The molecule has 7 heteroatoms. The number of hydrogen-bond acceptors (Lipinski definition) is 4. The van der Waals surface area contributed by atoms with Gasteiger partial charge in [0.2, 0.25) is 5.91 Å². The minimum absolute atomic E-state index is 0.126. The van der Waals surface area contributed by atoms with Crippen molar-refractivity contribution >= 4 is 5.91 Å². The quantitative estimate of drug-likeness (QED) is 0.936. The van der Waals surface area contributed by atoms with Gasteiger partial charge in [-0.05, 0) is 31.2 Å². The average molecular weight is 321 g/mol. The van der Waals surface area contributed by atoms with Crippen LogP contribution in [0.3, 0.4) is 0 Å². The summed E-state index contributed by atoms with van der Waals surface area (Å²) in [6.45, 7) is 0.762. The monoisotopic (exact) mass is 321 g/mol. The van der Waals surface area contributed by atoms with Gasteiger partial charge >= 0.3 is 0 Å². The molecule has 1 aliphatic heterocycles. The summed E-state index contributed by atoms with van der Waals surface area (Å²) < 4.78 is 31.3. The van der Waals surface area contributed by atoms with Gasteiger partial charge < -0.3 is 9.84 Å². The van der Waals surface area contributed by atoms with E-state index in [0.29, 0.717) is 11.3 Å². The normalized spacial score (nSPS) is 21.5. The van der Waals surface area contributed by atoms with E-state index < -0.39 is 11.6 Å². The molecule has 1 aromatic carbocycles. The van der Waals surface area contributed by atoms with Gasteiger partial charge in [0.25, 0.3) is 0 Å². The molecule has 0 saturated carbocycles. The maximum absolute atomic E-state index is 13.5. The lowest BCUT2D eigenvalue weighted by atomic mass is 9.99. The van der Waals surface area contributed by atoms with Gasteiger partial charge in [-0.2, -0.15) is 0 Å². The van der Waals surface area contributed by atoms with Crippen molar-refractivity contribution in [3.8, 4) is 0 Å². The van der Waals surface area contributed by atoms with Crippen molar-refractivity contribution in [2.45, 2.75) is 24.9 Å². The Hall–Kier alpha value is -2.28. The predicted octanol–water partition coefficient (Wildman–Crippen LogP) is 2.06. The summed E-state index contributed by atoms with van der Waals surface area (Å²) in [5.41, 5.74) is 1.20. The highest BCUT2D eigenvalue weighted by molar-refractivity contribution is 5.78. The molecule has 1 fully saturated rings. The van der Waals surface area contributed by atoms with E-state index in [9.17, 15) is 13.6 Å². The minimum Gasteiger partial charge on any atom is -0.364 e. The first-order valence-corrected chi connectivity index (χ1v) is 7.38. The maximum atomic E-state index is 13.5. The van der Waals surface area contributed by atoms with Crippen LogP contribution in [0.4, 0.5) is 8.78 Å². The SMILES string of the molecule is CN1CCC(NC(=O)Cc2ccon2)C1c1ccc(F)c(F)c1. The van der Waals surface area contributed by atoms with Crippen LogP contribution in [0.2, 0.25) is 0 Å². The summed E-state index contributed by atoms with van der Waals surface area (Å²) in [5, 5.41) is 6.66. The number of hydrogen-bond donors (Lipinski definition) is 1. The topological polar surface area (TPSA) is 58.4 Å². The van der Waals surface area contributed by atoms with Crippen LogP contribution in [0.5, 0.6) is 0 Å². The van der Waals surface area contributed by atoms with E-state index in [-0.39, 0.29) is 24.4 Å². The molecule has 1 aliphatic rings. The molecule has 23 heavy (non-hydrogen) atoms. The predicted molar refractivity (Wildman–Crippen MR) is 78.5 cm³/mol. The molecule has 0 spiro atoms. The Morgan fingerprint density at radius 2 is 2.22 bits per heavy atom. The van der Waals surface area contributed by atoms with Crippen LogP contribution in [0.1, 0.15) is 23.7 Å². The number of likely N-dealkylation sites (N-methyl/N-ethyl adjacent to an activating group) is 1. The van der Waals surface area contributed by atoms with E-state index in [0.717, 1.165) is 19.0 Å². The zero-order valence-corrected chi connectivity index (χ0v) is 12.6. The van der Waals surface area contributed by atoms with Gasteiger partial charge in [0, 0.05) is 18.7 Å². The first kappa shape index (κ1) is 15.6. The number of carbonyl (C=O) groups excluding carboxylic acids is 1. The number of benzene rings is 1. The molecular formula is C16H17F2N3O2. The van der Waals surface area contributed by atoms with E-state index in [4.69, 9.17) is 4.52 Å². The van der Waals surface area contributed by atoms with Crippen molar-refractivity contribution < 1.29 is 18.1 Å². The largest absolute Gasteiger partial charge is 0.364 e. The Bertz CT molecular complexity index is 691. The Labute approximate surface area is 132 Å². The molecule has 1 saturated heterocycles. The Morgan fingerprint density at radius 3 is 2.91 bits per heavy atom. The third-order valence-corrected chi connectivity index (χ3v) is 4.11. The average Bonchev–Trinajstić information content (AvgIpc) is 3.12. The van der Waals surface area contributed by atoms with Crippen LogP contribution in [0, 0.1) is 11.6 Å². The number of nitrogens with zero attached hydrogens (tertiary/aromatic N) is 2. The Morgan fingerprint density at radius 1 is 1.39 bits per heavy atom. The van der Waals surface area contributed by atoms with Gasteiger partial charge in [0.15, 0.2) is 11.6 Å². The fraction of sp³-hybridized carbons (Fsp3) is 0.375. The van der Waals surface area contributed by atoms with Crippen molar-refractivity contribution in [2.75, 3.05) is 13.6 Å². The van der Waals surface area contributed by atoms with E-state index in [2.05, 4.69) is 10.5 Å². The summed E-state index contributed by atoms with van der Waals surface area (Å²) in [6.07, 6.45) is 2.28. The molecule has 0 bridgehead atoms. The third-order valence-electron chi connectivity index (χ3n) is 4.11. The lowest BCUT2D eigenvalue weighted by molar-refractivity contribution is -0.121. The summed E-state index contributed by atoms with van der Waals surface area (Å²) in [5.74, 6) is -1.93. The standard InChI is InChI=1S/C16H17F2N3O2/c1-21-6-4-14(19-15(22)9-11-5-7-23-20-11)16(21)10-2-3-12(17)13(18)8-10/h2-3,5,7-8,14,16H,4,6,9H2,1H3,(H,19,22). The smallest absolute Gasteiger partial charge is 0.226 e. The molecule has 1 aromatic heterocycles. The van der Waals surface area contributed by atoms with Crippen molar-refractivity contribution in [2.24, 2.45) is 0 Å². The molecule has 2 aromatic rings. The first-order chi connectivity index (χ1) is 11.0. The van der Waals surface area contributed by atoms with Crippen molar-refractivity contribution in [1.82, 2.24) is 15.4 Å². The lowest BCUT2D eigenvalue weighted by Crippen LogP contribution is -2.39. The molecule has 1 N–H and O–H groups in total. The number of likely N-dealkylation sites (tertiary alicyclic amines) is 1. The second kappa shape index (κ2) is 6.45. The van der Waals surface area contributed by atoms with Crippen LogP contribution in [0.25, 0.3) is 0 Å². The molecule has 3 rings (SSSR count). The number of amides is 1. The number of aromatic nitrogens is 1. The summed E-state index contributed by atoms with van der Waals surface area (Å²) in [6, 6.07) is 5.15. The zero-order chi connectivity index (χ0) is 16.4. The van der Waals surface area contributed by atoms with E-state index in [1.165, 1.54) is 12.3 Å². The van der Waals surface area contributed by atoms with Crippen molar-refractivity contribution in [3.63, 3.8) is 0 Å². The zero-order valence-electron chi connectivity index (χ0n) is 12.6. The number of nitrogens with one attached hydrogen (secondary N) is 1. The van der Waals surface area contributed by atoms with Crippen molar-refractivity contribution in [3.05, 3.63) is 53.4 Å². The van der Waals surface area contributed by atoms with Crippen LogP contribution >= 0.6 is 0 Å². The molecule has 5 nitrogen and oxygen atoms in total. The fourth-order valence-electron chi connectivity index (χ4n) is 3.03. The van der Waals surface area contributed by atoms with Crippen LogP contribution < -0.4 is 5.32 Å². The van der Waals surface area contributed by atoms with Gasteiger partial charge in [-0.3, -0.25) is 9.69 Å². The molecule has 2 unspecified atom stereocenters. The molecular weight excluding hydrogens is 304 g/mol. The van der Waals surface area contributed by atoms with Gasteiger partial charge in [-0.15, -0.1) is 0 Å². The maximum Gasteiger partial charge on any atom is 0.226 e. The Balaban J connectivity index is 1.73. The molecule has 0 aliphatic carbocycles. The lowest BCUT2D eigenvalue weighted by Gasteiger charge is -2.26. The van der Waals surface area contributed by atoms with Gasteiger partial charge in [-0.25, -0.2) is 8.78 Å². The van der Waals surface area contributed by atoms with Crippen molar-refractivity contribution in [1.29, 1.82) is 0 Å². The first-order valence-electron chi connectivity index (χ1n) is 7.38. The molecule has 0 radical (unpaired) electrons. The van der Waals surface area contributed by atoms with E-state index >= 15 is 0 Å². The van der Waals surface area contributed by atoms with Gasteiger partial charge in [-0.1, -0.05) is 11.2 Å². The highest BCUT2D eigenvalue weighted by atomic mass is 19.2. The third kappa shape index (κ3) is 3.39. The van der Waals surface area contributed by atoms with Gasteiger partial charge in [0.05, 0.1) is 18.2 Å². The van der Waals surface area contributed by atoms with E-state index in [1.54, 1.807) is 12.1 Å². The second-order valence-corrected chi connectivity index (χ2v) is 5.73. The van der Waals surface area contributed by atoms with Crippen LogP contribution in [0.15, 0.2) is 35.1 Å². The van der Waals surface area contributed by atoms with Crippen LogP contribution in [-0.2, 0) is 11.2 Å². The highest BCUT2D eigenvalue weighted by Crippen LogP contribution is 2.31. The summed E-state index contributed by atoms with van der Waals surface area (Å²) >= 11 is 0. The van der Waals surface area contributed by atoms with Crippen LogP contribution in [-0.4, -0.2) is 35.6 Å². The second-order valence-electron chi connectivity index (χ2n) is 5.73. The van der Waals surface area contributed by atoms with E-state index in [1.807, 2.05) is 11.9 Å². The molecule has 2 heterocycles. The number of halogens is 2. The van der Waals surface area contributed by atoms with Gasteiger partial charge in [0.1, 0.15) is 6.26 Å². The number of carbonyl (C=O) groups is 1. The minimum atomic E-state index is -0.879. The molecule has 1 amide bonds. The Kier molecular flexibility index (Phi) is 4.38. The fourth-order valence-corrected chi connectivity index (χ4v) is 3.03. The summed E-state index contributed by atoms with van der Waals surface area (Å²) in [4.78, 5) is 14.1. The highest BCUT2D eigenvalue weighted by Gasteiger charge is 2.34.